The first-order valence-electron chi connectivity index (χ1n) is 4.48. The van der Waals surface area contributed by atoms with Gasteiger partial charge in [0.25, 0.3) is 0 Å². The zero-order chi connectivity index (χ0) is 9.52. The first-order chi connectivity index (χ1) is 6.33. The van der Waals surface area contributed by atoms with E-state index in [4.69, 9.17) is 0 Å². The Morgan fingerprint density at radius 3 is 3.00 bits per heavy atom. The van der Waals surface area contributed by atoms with Crippen molar-refractivity contribution in [2.75, 3.05) is 11.5 Å². The maximum Gasteiger partial charge on any atom is 0.0685 e. The molecule has 72 valence electrons. The SMILES string of the molecule is CCSCC(O)Cc1ccccn1. The Morgan fingerprint density at radius 1 is 1.54 bits per heavy atom. The van der Waals surface area contributed by atoms with E-state index >= 15 is 0 Å². The summed E-state index contributed by atoms with van der Waals surface area (Å²) < 4.78 is 0. The minimum Gasteiger partial charge on any atom is -0.392 e. The first-order valence-corrected chi connectivity index (χ1v) is 5.64. The average molecular weight is 197 g/mol. The molecule has 0 radical (unpaired) electrons. The Morgan fingerprint density at radius 2 is 2.38 bits per heavy atom. The molecule has 0 amide bonds. The molecule has 0 bridgehead atoms. The number of thioether (sulfide) groups is 1. The molecule has 1 heterocycles. The number of hydrogen-bond acceptors (Lipinski definition) is 3. The van der Waals surface area contributed by atoms with Gasteiger partial charge < -0.3 is 5.11 Å². The van der Waals surface area contributed by atoms with Gasteiger partial charge in [0.15, 0.2) is 0 Å². The van der Waals surface area contributed by atoms with E-state index in [2.05, 4.69) is 11.9 Å². The van der Waals surface area contributed by atoms with Crippen molar-refractivity contribution < 1.29 is 5.11 Å². The second-order valence-corrected chi connectivity index (χ2v) is 4.16. The highest BCUT2D eigenvalue weighted by Crippen LogP contribution is 2.06. The van der Waals surface area contributed by atoms with Gasteiger partial charge in [-0.05, 0) is 17.9 Å². The molecule has 1 N–H and O–H groups in total. The van der Waals surface area contributed by atoms with Crippen LogP contribution in [0.5, 0.6) is 0 Å². The largest absolute Gasteiger partial charge is 0.392 e. The highest BCUT2D eigenvalue weighted by molar-refractivity contribution is 7.99. The fraction of sp³-hybridized carbons (Fsp3) is 0.500. The normalized spacial score (nSPS) is 12.8. The van der Waals surface area contributed by atoms with Crippen LogP contribution in [0.4, 0.5) is 0 Å². The Hall–Kier alpha value is -0.540. The lowest BCUT2D eigenvalue weighted by Crippen LogP contribution is -2.14. The lowest BCUT2D eigenvalue weighted by molar-refractivity contribution is 0.199. The van der Waals surface area contributed by atoms with E-state index in [0.29, 0.717) is 6.42 Å². The standard InChI is InChI=1S/C10H15NOS/c1-2-13-8-10(12)7-9-5-3-4-6-11-9/h3-6,10,12H,2,7-8H2,1H3. The molecule has 1 aromatic heterocycles. The van der Waals surface area contributed by atoms with Crippen LogP contribution in [0.25, 0.3) is 0 Å². The summed E-state index contributed by atoms with van der Waals surface area (Å²) in [6, 6.07) is 5.78. The molecular formula is C10H15NOS. The zero-order valence-corrected chi connectivity index (χ0v) is 8.63. The second kappa shape index (κ2) is 6.00. The summed E-state index contributed by atoms with van der Waals surface area (Å²) in [5.74, 6) is 1.85. The van der Waals surface area contributed by atoms with Crippen molar-refractivity contribution in [3.05, 3.63) is 30.1 Å². The third-order valence-corrected chi connectivity index (χ3v) is 2.71. The minimum atomic E-state index is -0.264. The number of hydrogen-bond donors (Lipinski definition) is 1. The maximum atomic E-state index is 9.57. The molecule has 1 aromatic rings. The number of aliphatic hydroxyl groups is 1. The Balaban J connectivity index is 2.32. The predicted octanol–water partition coefficient (Wildman–Crippen LogP) is 1.74. The van der Waals surface area contributed by atoms with Gasteiger partial charge in [0, 0.05) is 24.1 Å². The van der Waals surface area contributed by atoms with Gasteiger partial charge in [0.05, 0.1) is 6.10 Å². The molecule has 0 aromatic carbocycles. The van der Waals surface area contributed by atoms with Gasteiger partial charge in [-0.25, -0.2) is 0 Å². The monoisotopic (exact) mass is 197 g/mol. The molecule has 1 atom stereocenters. The molecule has 0 aliphatic heterocycles. The van der Waals surface area contributed by atoms with Crippen LogP contribution in [0.3, 0.4) is 0 Å². The van der Waals surface area contributed by atoms with Crippen LogP contribution in [0.1, 0.15) is 12.6 Å². The summed E-state index contributed by atoms with van der Waals surface area (Å²) in [5.41, 5.74) is 0.965. The molecule has 0 aliphatic rings. The Labute approximate surface area is 83.4 Å². The van der Waals surface area contributed by atoms with Crippen molar-refractivity contribution in [1.29, 1.82) is 0 Å². The maximum absolute atomic E-state index is 9.57. The molecule has 1 unspecified atom stereocenters. The van der Waals surface area contributed by atoms with Crippen LogP contribution in [-0.4, -0.2) is 27.7 Å². The molecule has 0 saturated heterocycles. The van der Waals surface area contributed by atoms with E-state index in [0.717, 1.165) is 17.2 Å². The molecule has 2 nitrogen and oxygen atoms in total. The lowest BCUT2D eigenvalue weighted by atomic mass is 10.2. The minimum absolute atomic E-state index is 0.264. The summed E-state index contributed by atoms with van der Waals surface area (Å²) in [6.45, 7) is 2.10. The second-order valence-electron chi connectivity index (χ2n) is 2.84. The van der Waals surface area contributed by atoms with Gasteiger partial charge in [-0.1, -0.05) is 13.0 Å². The molecule has 0 aliphatic carbocycles. The van der Waals surface area contributed by atoms with E-state index in [1.165, 1.54) is 0 Å². The van der Waals surface area contributed by atoms with Crippen LogP contribution in [0, 0.1) is 0 Å². The van der Waals surface area contributed by atoms with Crippen LogP contribution < -0.4 is 0 Å². The van der Waals surface area contributed by atoms with E-state index in [-0.39, 0.29) is 6.10 Å². The Bertz CT molecular complexity index is 228. The third-order valence-electron chi connectivity index (χ3n) is 1.69. The molecule has 1 rings (SSSR count). The number of nitrogens with zero attached hydrogens (tertiary/aromatic N) is 1. The van der Waals surface area contributed by atoms with Gasteiger partial charge in [-0.15, -0.1) is 0 Å². The first kappa shape index (κ1) is 10.5. The summed E-state index contributed by atoms with van der Waals surface area (Å²) in [6.07, 6.45) is 2.16. The summed E-state index contributed by atoms with van der Waals surface area (Å²) in [5, 5.41) is 9.57. The van der Waals surface area contributed by atoms with Crippen LogP contribution in [0.15, 0.2) is 24.4 Å². The van der Waals surface area contributed by atoms with Gasteiger partial charge >= 0.3 is 0 Å². The Kier molecular flexibility index (Phi) is 4.86. The van der Waals surface area contributed by atoms with E-state index < -0.39 is 0 Å². The van der Waals surface area contributed by atoms with Crippen molar-refractivity contribution in [3.8, 4) is 0 Å². The molecule has 0 fully saturated rings. The summed E-state index contributed by atoms with van der Waals surface area (Å²) >= 11 is 1.76. The lowest BCUT2D eigenvalue weighted by Gasteiger charge is -2.08. The van der Waals surface area contributed by atoms with E-state index in [9.17, 15) is 5.11 Å². The fourth-order valence-corrected chi connectivity index (χ4v) is 1.70. The number of pyridine rings is 1. The summed E-state index contributed by atoms with van der Waals surface area (Å²) in [4.78, 5) is 4.16. The highest BCUT2D eigenvalue weighted by Gasteiger charge is 2.04. The van der Waals surface area contributed by atoms with Crippen molar-refractivity contribution in [2.24, 2.45) is 0 Å². The van der Waals surface area contributed by atoms with Crippen LogP contribution in [-0.2, 0) is 6.42 Å². The van der Waals surface area contributed by atoms with Crippen molar-refractivity contribution in [2.45, 2.75) is 19.4 Å². The van der Waals surface area contributed by atoms with Crippen molar-refractivity contribution in [3.63, 3.8) is 0 Å². The summed E-state index contributed by atoms with van der Waals surface area (Å²) in [7, 11) is 0. The van der Waals surface area contributed by atoms with Crippen molar-refractivity contribution in [1.82, 2.24) is 4.98 Å². The average Bonchev–Trinajstić information content (AvgIpc) is 2.16. The molecular weight excluding hydrogens is 182 g/mol. The van der Waals surface area contributed by atoms with Gasteiger partial charge in [-0.2, -0.15) is 11.8 Å². The van der Waals surface area contributed by atoms with Gasteiger partial charge in [0.1, 0.15) is 0 Å². The highest BCUT2D eigenvalue weighted by atomic mass is 32.2. The smallest absolute Gasteiger partial charge is 0.0685 e. The molecule has 0 saturated carbocycles. The number of rotatable bonds is 5. The quantitative estimate of drug-likeness (QED) is 0.780. The molecule has 3 heteroatoms. The van der Waals surface area contributed by atoms with Gasteiger partial charge in [-0.3, -0.25) is 4.98 Å². The topological polar surface area (TPSA) is 33.1 Å². The van der Waals surface area contributed by atoms with E-state index in [1.807, 2.05) is 18.2 Å². The number of aliphatic hydroxyl groups excluding tert-OH is 1. The predicted molar refractivity (Wildman–Crippen MR) is 56.9 cm³/mol. The third kappa shape index (κ3) is 4.29. The van der Waals surface area contributed by atoms with E-state index in [1.54, 1.807) is 18.0 Å². The zero-order valence-electron chi connectivity index (χ0n) is 7.81. The number of aromatic nitrogens is 1. The van der Waals surface area contributed by atoms with Crippen molar-refractivity contribution >= 4 is 11.8 Å². The van der Waals surface area contributed by atoms with Crippen LogP contribution >= 0.6 is 11.8 Å². The molecule has 13 heavy (non-hydrogen) atoms. The molecule has 0 spiro atoms. The fourth-order valence-electron chi connectivity index (χ4n) is 1.07. The van der Waals surface area contributed by atoms with Gasteiger partial charge in [0.2, 0.25) is 0 Å². The van der Waals surface area contributed by atoms with Crippen LogP contribution in [0.2, 0.25) is 0 Å².